The molecular formula is C32H31N3O2. The van der Waals surface area contributed by atoms with Crippen molar-refractivity contribution in [2.24, 2.45) is 0 Å². The molecule has 0 radical (unpaired) electrons. The number of amides is 1. The van der Waals surface area contributed by atoms with E-state index in [1.54, 1.807) is 0 Å². The summed E-state index contributed by atoms with van der Waals surface area (Å²) >= 11 is 0. The second-order valence-corrected chi connectivity index (χ2v) is 9.14. The molecule has 0 fully saturated rings. The van der Waals surface area contributed by atoms with Crippen LogP contribution in [0.4, 0.5) is 0 Å². The number of unbranched alkanes of at least 4 members (excludes halogenated alkanes) is 1. The lowest BCUT2D eigenvalue weighted by molar-refractivity contribution is -0.120. The summed E-state index contributed by atoms with van der Waals surface area (Å²) in [6.07, 6.45) is 3.14. The molecule has 0 atom stereocenters. The Labute approximate surface area is 218 Å². The van der Waals surface area contributed by atoms with E-state index in [0.717, 1.165) is 47.2 Å². The van der Waals surface area contributed by atoms with Crippen molar-refractivity contribution in [1.82, 2.24) is 9.88 Å². The summed E-state index contributed by atoms with van der Waals surface area (Å²) < 4.78 is 1.83. The summed E-state index contributed by atoms with van der Waals surface area (Å²) in [4.78, 5) is 25.9. The molecule has 5 nitrogen and oxygen atoms in total. The van der Waals surface area contributed by atoms with E-state index in [2.05, 4.69) is 18.3 Å². The Bertz CT molecular complexity index is 1450. The highest BCUT2D eigenvalue weighted by Crippen LogP contribution is 2.24. The van der Waals surface area contributed by atoms with Gasteiger partial charge in [0.05, 0.1) is 24.6 Å². The highest BCUT2D eigenvalue weighted by Gasteiger charge is 2.12. The second kappa shape index (κ2) is 12.5. The lowest BCUT2D eigenvalue weighted by Crippen LogP contribution is -2.32. The van der Waals surface area contributed by atoms with E-state index >= 15 is 0 Å². The van der Waals surface area contributed by atoms with Gasteiger partial charge in [-0.2, -0.15) is 5.26 Å². The number of aryl methyl sites for hydroxylation is 1. The molecule has 1 N–H and O–H groups in total. The van der Waals surface area contributed by atoms with E-state index in [4.69, 9.17) is 0 Å². The molecule has 0 bridgehead atoms. The summed E-state index contributed by atoms with van der Waals surface area (Å²) in [7, 11) is 0. The Balaban J connectivity index is 1.53. The maximum Gasteiger partial charge on any atom is 0.256 e. The summed E-state index contributed by atoms with van der Waals surface area (Å²) in [5.41, 5.74) is 5.92. The number of nitrogens with one attached hydrogen (secondary N) is 1. The van der Waals surface area contributed by atoms with Crippen molar-refractivity contribution in [3.8, 4) is 17.2 Å². The largest absolute Gasteiger partial charge is 0.352 e. The molecule has 1 amide bonds. The molecule has 1 heterocycles. The van der Waals surface area contributed by atoms with Gasteiger partial charge in [0.2, 0.25) is 5.91 Å². The van der Waals surface area contributed by atoms with Crippen molar-refractivity contribution >= 4 is 5.91 Å². The van der Waals surface area contributed by atoms with Crippen molar-refractivity contribution in [2.45, 2.75) is 45.7 Å². The fourth-order valence-corrected chi connectivity index (χ4v) is 4.39. The summed E-state index contributed by atoms with van der Waals surface area (Å²) in [6, 6.07) is 31.2. The highest BCUT2D eigenvalue weighted by molar-refractivity contribution is 5.78. The van der Waals surface area contributed by atoms with E-state index in [1.807, 2.05) is 95.6 Å². The highest BCUT2D eigenvalue weighted by atomic mass is 16.1. The number of nitrogens with zero attached hydrogens (tertiary/aromatic N) is 2. The Kier molecular flexibility index (Phi) is 8.67. The smallest absolute Gasteiger partial charge is 0.256 e. The number of hydrogen-bond donors (Lipinski definition) is 1. The molecule has 1 aromatic heterocycles. The molecule has 0 aliphatic heterocycles. The maximum absolute atomic E-state index is 13.5. The predicted octanol–water partition coefficient (Wildman–Crippen LogP) is 5.64. The second-order valence-electron chi connectivity index (χ2n) is 9.14. The van der Waals surface area contributed by atoms with Gasteiger partial charge in [-0.05, 0) is 53.3 Å². The minimum Gasteiger partial charge on any atom is -0.352 e. The van der Waals surface area contributed by atoms with Crippen LogP contribution in [0.5, 0.6) is 0 Å². The first-order valence-electron chi connectivity index (χ1n) is 12.7. The summed E-state index contributed by atoms with van der Waals surface area (Å²) in [5.74, 6) is -0.111. The first-order valence-corrected chi connectivity index (χ1v) is 12.7. The number of carbonyl (C=O) groups excluding carboxylic acids is 1. The van der Waals surface area contributed by atoms with E-state index in [1.165, 1.54) is 0 Å². The fraction of sp³-hybridized carbons (Fsp3) is 0.219. The number of rotatable bonds is 10. The number of aromatic nitrogens is 1. The monoisotopic (exact) mass is 489 g/mol. The predicted molar refractivity (Wildman–Crippen MR) is 147 cm³/mol. The van der Waals surface area contributed by atoms with Crippen LogP contribution in [0.25, 0.3) is 11.1 Å². The van der Waals surface area contributed by atoms with Crippen LogP contribution >= 0.6 is 0 Å². The van der Waals surface area contributed by atoms with Gasteiger partial charge in [-0.25, -0.2) is 0 Å². The Morgan fingerprint density at radius 1 is 0.892 bits per heavy atom. The molecule has 0 saturated carbocycles. The van der Waals surface area contributed by atoms with Gasteiger partial charge >= 0.3 is 0 Å². The van der Waals surface area contributed by atoms with Crippen LogP contribution in [0.15, 0.2) is 95.8 Å². The SMILES string of the molecule is CCCCc1ccc(CNC(=O)Cc2ccccc2)c(=O)n1Cc1ccc(-c2ccccc2C#N)cc1. The van der Waals surface area contributed by atoms with Crippen LogP contribution in [0.2, 0.25) is 0 Å². The first kappa shape index (κ1) is 25.7. The van der Waals surface area contributed by atoms with Crippen molar-refractivity contribution in [3.05, 3.63) is 129 Å². The van der Waals surface area contributed by atoms with E-state index in [0.29, 0.717) is 17.7 Å². The topological polar surface area (TPSA) is 74.9 Å². The molecule has 0 aliphatic rings. The third-order valence-electron chi connectivity index (χ3n) is 6.47. The van der Waals surface area contributed by atoms with Gasteiger partial charge in [0.1, 0.15) is 0 Å². The maximum atomic E-state index is 13.5. The molecule has 37 heavy (non-hydrogen) atoms. The van der Waals surface area contributed by atoms with Gasteiger partial charge in [-0.3, -0.25) is 9.59 Å². The zero-order chi connectivity index (χ0) is 26.0. The molecule has 0 saturated heterocycles. The number of benzene rings is 3. The van der Waals surface area contributed by atoms with Gasteiger partial charge in [-0.15, -0.1) is 0 Å². The summed E-state index contributed by atoms with van der Waals surface area (Å²) in [6.45, 7) is 2.78. The fourth-order valence-electron chi connectivity index (χ4n) is 4.39. The number of pyridine rings is 1. The third-order valence-corrected chi connectivity index (χ3v) is 6.47. The third kappa shape index (κ3) is 6.62. The molecular weight excluding hydrogens is 458 g/mol. The number of carbonyl (C=O) groups is 1. The molecule has 0 unspecified atom stereocenters. The lowest BCUT2D eigenvalue weighted by atomic mass is 9.99. The number of nitriles is 1. The minimum absolute atomic E-state index is 0.0764. The molecule has 3 aromatic carbocycles. The molecule has 0 spiro atoms. The Morgan fingerprint density at radius 2 is 1.62 bits per heavy atom. The lowest BCUT2D eigenvalue weighted by Gasteiger charge is -2.16. The van der Waals surface area contributed by atoms with Gasteiger partial charge in [-0.1, -0.05) is 86.1 Å². The molecule has 4 rings (SSSR count). The molecule has 4 aromatic rings. The van der Waals surface area contributed by atoms with Crippen molar-refractivity contribution in [3.63, 3.8) is 0 Å². The molecule has 5 heteroatoms. The van der Waals surface area contributed by atoms with Crippen LogP contribution in [0.3, 0.4) is 0 Å². The van der Waals surface area contributed by atoms with Gasteiger partial charge in [0, 0.05) is 17.8 Å². The minimum atomic E-state index is -0.111. The van der Waals surface area contributed by atoms with Crippen LogP contribution in [0, 0.1) is 11.3 Å². The van der Waals surface area contributed by atoms with Crippen LogP contribution in [-0.2, 0) is 30.7 Å². The van der Waals surface area contributed by atoms with E-state index < -0.39 is 0 Å². The average molecular weight is 490 g/mol. The van der Waals surface area contributed by atoms with Crippen molar-refractivity contribution < 1.29 is 4.79 Å². The Morgan fingerprint density at radius 3 is 2.35 bits per heavy atom. The normalized spacial score (nSPS) is 10.6. The van der Waals surface area contributed by atoms with Gasteiger partial charge in [0.25, 0.3) is 5.56 Å². The average Bonchev–Trinajstić information content (AvgIpc) is 2.93. The van der Waals surface area contributed by atoms with E-state index in [-0.39, 0.29) is 24.4 Å². The molecule has 186 valence electrons. The first-order chi connectivity index (χ1) is 18.1. The summed E-state index contributed by atoms with van der Waals surface area (Å²) in [5, 5.41) is 12.3. The van der Waals surface area contributed by atoms with Crippen molar-refractivity contribution in [2.75, 3.05) is 0 Å². The van der Waals surface area contributed by atoms with Crippen LogP contribution in [0.1, 0.15) is 47.7 Å². The van der Waals surface area contributed by atoms with Crippen LogP contribution < -0.4 is 10.9 Å². The van der Waals surface area contributed by atoms with E-state index in [9.17, 15) is 14.9 Å². The Hall–Kier alpha value is -4.43. The standard InChI is InChI=1S/C32H31N3O2/c1-2-3-12-29-19-18-28(22-34-31(36)20-24-9-5-4-6-10-24)32(37)35(29)23-25-14-16-26(17-15-25)30-13-8-7-11-27(30)21-33/h4-11,13-19H,2-3,12,20,22-23H2,1H3,(H,34,36). The van der Waals surface area contributed by atoms with Gasteiger partial charge < -0.3 is 9.88 Å². The zero-order valence-electron chi connectivity index (χ0n) is 21.1. The van der Waals surface area contributed by atoms with Crippen molar-refractivity contribution in [1.29, 1.82) is 5.26 Å². The zero-order valence-corrected chi connectivity index (χ0v) is 21.1. The quantitative estimate of drug-likeness (QED) is 0.313. The van der Waals surface area contributed by atoms with Gasteiger partial charge in [0.15, 0.2) is 0 Å². The van der Waals surface area contributed by atoms with Crippen LogP contribution in [-0.4, -0.2) is 10.5 Å². The number of hydrogen-bond acceptors (Lipinski definition) is 3. The molecule has 0 aliphatic carbocycles.